The van der Waals surface area contributed by atoms with Crippen LogP contribution < -0.4 is 0 Å². The van der Waals surface area contributed by atoms with Crippen molar-refractivity contribution in [2.75, 3.05) is 6.61 Å². The normalized spacial score (nSPS) is 12.2. The van der Waals surface area contributed by atoms with Gasteiger partial charge in [-0.3, -0.25) is 9.59 Å². The number of esters is 1. The van der Waals surface area contributed by atoms with Gasteiger partial charge in [0.1, 0.15) is 6.61 Å². The third kappa shape index (κ3) is 4.71. The van der Waals surface area contributed by atoms with Gasteiger partial charge in [0.15, 0.2) is 0 Å². The van der Waals surface area contributed by atoms with Crippen LogP contribution in [-0.2, 0) is 14.3 Å². The van der Waals surface area contributed by atoms with E-state index in [1.807, 2.05) is 6.92 Å². The maximum absolute atomic E-state index is 10.9. The zero-order chi connectivity index (χ0) is 9.56. The highest BCUT2D eigenvalue weighted by Crippen LogP contribution is 2.03. The minimum atomic E-state index is -0.952. The van der Waals surface area contributed by atoms with E-state index in [1.54, 1.807) is 6.92 Å². The number of carbonyl (C=O) groups excluding carboxylic acids is 1. The molecule has 1 atom stereocenters. The molecule has 4 nitrogen and oxygen atoms in total. The van der Waals surface area contributed by atoms with E-state index in [4.69, 9.17) is 5.11 Å². The van der Waals surface area contributed by atoms with Crippen molar-refractivity contribution in [1.82, 2.24) is 0 Å². The highest BCUT2D eigenvalue weighted by atomic mass is 16.5. The predicted molar refractivity (Wildman–Crippen MR) is 42.7 cm³/mol. The molecule has 70 valence electrons. The van der Waals surface area contributed by atoms with E-state index >= 15 is 0 Å². The Morgan fingerprint density at radius 3 is 2.50 bits per heavy atom. The molecule has 0 saturated heterocycles. The van der Waals surface area contributed by atoms with Crippen molar-refractivity contribution < 1.29 is 19.4 Å². The van der Waals surface area contributed by atoms with E-state index in [2.05, 4.69) is 4.74 Å². The standard InChI is InChI=1S/C8H14O4/c1-3-6(2)8(11)12-5-4-7(9)10/h6H,3-5H2,1-2H3,(H,9,10)/t6-/m1/s1. The first-order valence-electron chi connectivity index (χ1n) is 3.96. The smallest absolute Gasteiger partial charge is 0.308 e. The molecule has 0 spiro atoms. The summed E-state index contributed by atoms with van der Waals surface area (Å²) in [5, 5.41) is 8.23. The predicted octanol–water partition coefficient (Wildman–Crippen LogP) is 1.05. The van der Waals surface area contributed by atoms with Gasteiger partial charge in [-0.25, -0.2) is 0 Å². The minimum absolute atomic E-state index is 0.0293. The van der Waals surface area contributed by atoms with Crippen molar-refractivity contribution in [1.29, 1.82) is 0 Å². The maximum atomic E-state index is 10.9. The second kappa shape index (κ2) is 5.57. The average Bonchev–Trinajstić information content (AvgIpc) is 2.02. The summed E-state index contributed by atoms with van der Waals surface area (Å²) in [6.45, 7) is 3.60. The zero-order valence-electron chi connectivity index (χ0n) is 7.37. The van der Waals surface area contributed by atoms with Crippen LogP contribution in [0.2, 0.25) is 0 Å². The third-order valence-electron chi connectivity index (χ3n) is 1.57. The van der Waals surface area contributed by atoms with Gasteiger partial charge in [0, 0.05) is 0 Å². The Morgan fingerprint density at radius 1 is 1.50 bits per heavy atom. The summed E-state index contributed by atoms with van der Waals surface area (Å²) in [5.41, 5.74) is 0. The van der Waals surface area contributed by atoms with Crippen LogP contribution in [0.15, 0.2) is 0 Å². The molecular formula is C8H14O4. The average molecular weight is 174 g/mol. The van der Waals surface area contributed by atoms with Gasteiger partial charge < -0.3 is 9.84 Å². The molecule has 0 heterocycles. The van der Waals surface area contributed by atoms with Gasteiger partial charge in [0.25, 0.3) is 0 Å². The van der Waals surface area contributed by atoms with Crippen LogP contribution in [0.5, 0.6) is 0 Å². The molecule has 0 aromatic heterocycles. The molecule has 0 fully saturated rings. The SMILES string of the molecule is CC[C@@H](C)C(=O)OCCC(=O)O. The molecule has 0 aliphatic heterocycles. The number of carboxylic acids is 1. The third-order valence-corrected chi connectivity index (χ3v) is 1.57. The summed E-state index contributed by atoms with van der Waals surface area (Å²) in [6, 6.07) is 0. The maximum Gasteiger partial charge on any atom is 0.308 e. The van der Waals surface area contributed by atoms with Crippen molar-refractivity contribution in [3.05, 3.63) is 0 Å². The van der Waals surface area contributed by atoms with Gasteiger partial charge in [0.2, 0.25) is 0 Å². The quantitative estimate of drug-likeness (QED) is 0.633. The fraction of sp³-hybridized carbons (Fsp3) is 0.750. The highest BCUT2D eigenvalue weighted by Gasteiger charge is 2.11. The lowest BCUT2D eigenvalue weighted by molar-refractivity contribution is -0.150. The summed E-state index contributed by atoms with van der Waals surface area (Å²) in [5.74, 6) is -1.41. The molecule has 0 radical (unpaired) electrons. The zero-order valence-corrected chi connectivity index (χ0v) is 7.37. The van der Waals surface area contributed by atoms with Crippen LogP contribution >= 0.6 is 0 Å². The molecule has 0 aromatic rings. The molecule has 0 rings (SSSR count). The lowest BCUT2D eigenvalue weighted by Gasteiger charge is -2.07. The van der Waals surface area contributed by atoms with Gasteiger partial charge in [-0.2, -0.15) is 0 Å². The van der Waals surface area contributed by atoms with Crippen molar-refractivity contribution in [2.24, 2.45) is 5.92 Å². The molecular weight excluding hydrogens is 160 g/mol. The molecule has 0 aromatic carbocycles. The van der Waals surface area contributed by atoms with Crippen LogP contribution in [0.25, 0.3) is 0 Å². The van der Waals surface area contributed by atoms with E-state index in [9.17, 15) is 9.59 Å². The largest absolute Gasteiger partial charge is 0.481 e. The first kappa shape index (κ1) is 10.9. The number of hydrogen-bond donors (Lipinski definition) is 1. The van der Waals surface area contributed by atoms with Crippen molar-refractivity contribution in [2.45, 2.75) is 26.7 Å². The van der Waals surface area contributed by atoms with Crippen LogP contribution in [0, 0.1) is 5.92 Å². The molecule has 4 heteroatoms. The monoisotopic (exact) mass is 174 g/mol. The number of ether oxygens (including phenoxy) is 1. The molecule has 1 N–H and O–H groups in total. The molecule has 0 saturated carbocycles. The Balaban J connectivity index is 3.50. The topological polar surface area (TPSA) is 63.6 Å². The van der Waals surface area contributed by atoms with E-state index < -0.39 is 5.97 Å². The fourth-order valence-electron chi connectivity index (χ4n) is 0.548. The van der Waals surface area contributed by atoms with Gasteiger partial charge in [-0.15, -0.1) is 0 Å². The van der Waals surface area contributed by atoms with Gasteiger partial charge in [0.05, 0.1) is 12.3 Å². The van der Waals surface area contributed by atoms with Gasteiger partial charge in [-0.05, 0) is 6.42 Å². The first-order valence-corrected chi connectivity index (χ1v) is 3.96. The summed E-state index contributed by atoms with van der Waals surface area (Å²) >= 11 is 0. The molecule has 0 unspecified atom stereocenters. The minimum Gasteiger partial charge on any atom is -0.481 e. The van der Waals surface area contributed by atoms with Gasteiger partial charge >= 0.3 is 11.9 Å². The number of aliphatic carboxylic acids is 1. The van der Waals surface area contributed by atoms with Crippen molar-refractivity contribution >= 4 is 11.9 Å². The second-order valence-electron chi connectivity index (χ2n) is 2.62. The van der Waals surface area contributed by atoms with E-state index in [0.29, 0.717) is 6.42 Å². The lowest BCUT2D eigenvalue weighted by atomic mass is 10.1. The van der Waals surface area contributed by atoms with Crippen LogP contribution in [0.4, 0.5) is 0 Å². The van der Waals surface area contributed by atoms with Crippen LogP contribution in [0.1, 0.15) is 26.7 Å². The van der Waals surface area contributed by atoms with Crippen LogP contribution in [-0.4, -0.2) is 23.7 Å². The Labute approximate surface area is 71.5 Å². The Bertz CT molecular complexity index is 164. The summed E-state index contributed by atoms with van der Waals surface area (Å²) < 4.78 is 4.69. The number of carbonyl (C=O) groups is 2. The Hall–Kier alpha value is -1.06. The highest BCUT2D eigenvalue weighted by molar-refractivity contribution is 5.72. The van der Waals surface area contributed by atoms with Crippen molar-refractivity contribution in [3.63, 3.8) is 0 Å². The lowest BCUT2D eigenvalue weighted by Crippen LogP contribution is -2.15. The molecule has 0 aliphatic rings. The number of rotatable bonds is 5. The number of carboxylic acid groups (broad SMARTS) is 1. The fourth-order valence-corrected chi connectivity index (χ4v) is 0.548. The molecule has 0 aliphatic carbocycles. The van der Waals surface area contributed by atoms with Crippen molar-refractivity contribution in [3.8, 4) is 0 Å². The molecule has 0 bridgehead atoms. The molecule has 12 heavy (non-hydrogen) atoms. The van der Waals surface area contributed by atoms with Gasteiger partial charge in [-0.1, -0.05) is 13.8 Å². The van der Waals surface area contributed by atoms with E-state index in [1.165, 1.54) is 0 Å². The van der Waals surface area contributed by atoms with Crippen LogP contribution in [0.3, 0.4) is 0 Å². The Kier molecular flexibility index (Phi) is 5.08. The Morgan fingerprint density at radius 2 is 2.08 bits per heavy atom. The summed E-state index contributed by atoms with van der Waals surface area (Å²) in [4.78, 5) is 21.0. The first-order chi connectivity index (χ1) is 5.57. The second-order valence-corrected chi connectivity index (χ2v) is 2.62. The number of hydrogen-bond acceptors (Lipinski definition) is 3. The van der Waals surface area contributed by atoms with E-state index in [0.717, 1.165) is 0 Å². The summed E-state index contributed by atoms with van der Waals surface area (Å²) in [7, 11) is 0. The van der Waals surface area contributed by atoms with E-state index in [-0.39, 0.29) is 24.9 Å². The summed E-state index contributed by atoms with van der Waals surface area (Å²) in [6.07, 6.45) is 0.591. The molecule has 0 amide bonds.